The maximum absolute atomic E-state index is 12.7. The summed E-state index contributed by atoms with van der Waals surface area (Å²) >= 11 is 0. The zero-order valence-corrected chi connectivity index (χ0v) is 12.8. The topological polar surface area (TPSA) is 55.8 Å². The Balaban J connectivity index is 1.83. The van der Waals surface area contributed by atoms with Gasteiger partial charge in [0.05, 0.1) is 25.7 Å². The lowest BCUT2D eigenvalue weighted by atomic mass is 10.0. The van der Waals surface area contributed by atoms with Crippen LogP contribution in [0.5, 0.6) is 0 Å². The standard InChI is InChI=1S/C17H21NO4/c1-2-22-16(20)17(18-8-10-21-11-9-18)12-14(17)15(19)13-6-4-3-5-7-13/h3-7,14H,2,8-12H2,1H3. The third-order valence-corrected chi connectivity index (χ3v) is 4.51. The molecule has 0 spiro atoms. The molecule has 0 amide bonds. The van der Waals surface area contributed by atoms with Crippen molar-refractivity contribution in [1.82, 2.24) is 4.90 Å². The predicted molar refractivity (Wildman–Crippen MR) is 80.6 cm³/mol. The minimum Gasteiger partial charge on any atom is -0.465 e. The number of hydrogen-bond donors (Lipinski definition) is 0. The van der Waals surface area contributed by atoms with Gasteiger partial charge in [-0.1, -0.05) is 30.3 Å². The number of rotatable bonds is 5. The fourth-order valence-corrected chi connectivity index (χ4v) is 3.29. The molecule has 1 aliphatic carbocycles. The van der Waals surface area contributed by atoms with Crippen LogP contribution in [0.3, 0.4) is 0 Å². The molecule has 118 valence electrons. The lowest BCUT2D eigenvalue weighted by Crippen LogP contribution is -2.52. The molecular formula is C17H21NO4. The van der Waals surface area contributed by atoms with E-state index in [1.807, 2.05) is 18.2 Å². The van der Waals surface area contributed by atoms with Gasteiger partial charge in [0, 0.05) is 18.7 Å². The zero-order valence-electron chi connectivity index (χ0n) is 12.8. The molecule has 1 aliphatic heterocycles. The van der Waals surface area contributed by atoms with Crippen LogP contribution in [0.15, 0.2) is 30.3 Å². The highest BCUT2D eigenvalue weighted by Crippen LogP contribution is 2.51. The van der Waals surface area contributed by atoms with E-state index in [4.69, 9.17) is 9.47 Å². The van der Waals surface area contributed by atoms with Gasteiger partial charge in [-0.2, -0.15) is 0 Å². The van der Waals surface area contributed by atoms with Gasteiger partial charge in [-0.3, -0.25) is 14.5 Å². The number of esters is 1. The normalized spacial score (nSPS) is 28.1. The number of morpholine rings is 1. The lowest BCUT2D eigenvalue weighted by Gasteiger charge is -2.34. The number of hydrogen-bond acceptors (Lipinski definition) is 5. The van der Waals surface area contributed by atoms with Crippen molar-refractivity contribution < 1.29 is 19.1 Å². The first-order chi connectivity index (χ1) is 10.7. The summed E-state index contributed by atoms with van der Waals surface area (Å²) < 4.78 is 10.6. The molecular weight excluding hydrogens is 282 g/mol. The van der Waals surface area contributed by atoms with E-state index in [1.54, 1.807) is 19.1 Å². The smallest absolute Gasteiger partial charge is 0.327 e. The number of nitrogens with zero attached hydrogens (tertiary/aromatic N) is 1. The molecule has 1 aromatic rings. The molecule has 1 aromatic carbocycles. The lowest BCUT2D eigenvalue weighted by molar-refractivity contribution is -0.154. The van der Waals surface area contributed by atoms with E-state index in [0.29, 0.717) is 44.9 Å². The van der Waals surface area contributed by atoms with Crippen LogP contribution in [0.1, 0.15) is 23.7 Å². The highest BCUT2D eigenvalue weighted by Gasteiger charge is 2.67. The summed E-state index contributed by atoms with van der Waals surface area (Å²) in [5.74, 6) is -0.557. The van der Waals surface area contributed by atoms with Crippen LogP contribution in [0.25, 0.3) is 0 Å². The molecule has 3 rings (SSSR count). The molecule has 0 N–H and O–H groups in total. The fraction of sp³-hybridized carbons (Fsp3) is 0.529. The molecule has 1 saturated heterocycles. The highest BCUT2D eigenvalue weighted by molar-refractivity contribution is 6.06. The Bertz CT molecular complexity index is 553. The summed E-state index contributed by atoms with van der Waals surface area (Å²) in [4.78, 5) is 27.3. The van der Waals surface area contributed by atoms with Crippen molar-refractivity contribution in [3.63, 3.8) is 0 Å². The zero-order chi connectivity index (χ0) is 15.6. The predicted octanol–water partition coefficient (Wildman–Crippen LogP) is 1.52. The van der Waals surface area contributed by atoms with Crippen molar-refractivity contribution in [2.45, 2.75) is 18.9 Å². The van der Waals surface area contributed by atoms with Crippen LogP contribution in [-0.2, 0) is 14.3 Å². The molecule has 2 fully saturated rings. The van der Waals surface area contributed by atoms with Gasteiger partial charge in [-0.05, 0) is 13.3 Å². The number of benzene rings is 1. The van der Waals surface area contributed by atoms with Gasteiger partial charge in [0.1, 0.15) is 5.54 Å². The third kappa shape index (κ3) is 2.55. The van der Waals surface area contributed by atoms with Crippen LogP contribution >= 0.6 is 0 Å². The van der Waals surface area contributed by atoms with Gasteiger partial charge in [0.15, 0.2) is 5.78 Å². The van der Waals surface area contributed by atoms with E-state index in [1.165, 1.54) is 0 Å². The Morgan fingerprint density at radius 3 is 2.59 bits per heavy atom. The molecule has 22 heavy (non-hydrogen) atoms. The Kier molecular flexibility index (Phi) is 4.27. The molecule has 1 saturated carbocycles. The number of Topliss-reactive ketones (excluding diaryl/α,β-unsaturated/α-hetero) is 1. The maximum Gasteiger partial charge on any atom is 0.327 e. The van der Waals surface area contributed by atoms with Crippen LogP contribution in [0.2, 0.25) is 0 Å². The van der Waals surface area contributed by atoms with Crippen molar-refractivity contribution in [3.05, 3.63) is 35.9 Å². The maximum atomic E-state index is 12.7. The van der Waals surface area contributed by atoms with Crippen molar-refractivity contribution in [2.75, 3.05) is 32.9 Å². The average Bonchev–Trinajstić information content (AvgIpc) is 3.33. The monoisotopic (exact) mass is 303 g/mol. The molecule has 0 bridgehead atoms. The van der Waals surface area contributed by atoms with E-state index < -0.39 is 5.54 Å². The fourth-order valence-electron chi connectivity index (χ4n) is 3.29. The van der Waals surface area contributed by atoms with E-state index in [-0.39, 0.29) is 17.7 Å². The first-order valence-corrected chi connectivity index (χ1v) is 7.79. The number of carbonyl (C=O) groups is 2. The van der Waals surface area contributed by atoms with Gasteiger partial charge < -0.3 is 9.47 Å². The number of carbonyl (C=O) groups excluding carboxylic acids is 2. The van der Waals surface area contributed by atoms with Crippen LogP contribution in [0, 0.1) is 5.92 Å². The highest BCUT2D eigenvalue weighted by atomic mass is 16.5. The van der Waals surface area contributed by atoms with Crippen molar-refractivity contribution >= 4 is 11.8 Å². The average molecular weight is 303 g/mol. The Labute approximate surface area is 130 Å². The molecule has 2 aliphatic rings. The summed E-state index contributed by atoms with van der Waals surface area (Å²) in [6, 6.07) is 9.17. The number of ketones is 1. The minimum atomic E-state index is -0.785. The quantitative estimate of drug-likeness (QED) is 0.610. The summed E-state index contributed by atoms with van der Waals surface area (Å²) in [6.45, 7) is 4.63. The van der Waals surface area contributed by atoms with E-state index in [0.717, 1.165) is 0 Å². The first kappa shape index (κ1) is 15.2. The Morgan fingerprint density at radius 1 is 1.27 bits per heavy atom. The van der Waals surface area contributed by atoms with Gasteiger partial charge in [-0.15, -0.1) is 0 Å². The Morgan fingerprint density at radius 2 is 1.95 bits per heavy atom. The molecule has 2 atom stereocenters. The van der Waals surface area contributed by atoms with E-state index in [9.17, 15) is 9.59 Å². The van der Waals surface area contributed by atoms with Gasteiger partial charge in [0.25, 0.3) is 0 Å². The van der Waals surface area contributed by atoms with E-state index >= 15 is 0 Å². The molecule has 0 aromatic heterocycles. The second-order valence-corrected chi connectivity index (χ2v) is 5.73. The molecule has 2 unspecified atom stereocenters. The molecule has 0 radical (unpaired) electrons. The summed E-state index contributed by atoms with van der Waals surface area (Å²) in [5.41, 5.74) is -0.126. The van der Waals surface area contributed by atoms with Crippen LogP contribution in [0.4, 0.5) is 0 Å². The summed E-state index contributed by atoms with van der Waals surface area (Å²) in [5, 5.41) is 0. The SMILES string of the molecule is CCOC(=O)C1(N2CCOCC2)CC1C(=O)c1ccccc1. The van der Waals surface area contributed by atoms with Crippen molar-refractivity contribution in [1.29, 1.82) is 0 Å². The molecule has 5 heteroatoms. The van der Waals surface area contributed by atoms with Crippen LogP contribution in [-0.4, -0.2) is 55.1 Å². The van der Waals surface area contributed by atoms with Crippen LogP contribution < -0.4 is 0 Å². The number of ether oxygens (including phenoxy) is 2. The third-order valence-electron chi connectivity index (χ3n) is 4.51. The van der Waals surface area contributed by atoms with Crippen molar-refractivity contribution in [2.24, 2.45) is 5.92 Å². The van der Waals surface area contributed by atoms with Gasteiger partial charge in [-0.25, -0.2) is 0 Å². The largest absolute Gasteiger partial charge is 0.465 e. The van der Waals surface area contributed by atoms with Gasteiger partial charge >= 0.3 is 5.97 Å². The second-order valence-electron chi connectivity index (χ2n) is 5.73. The van der Waals surface area contributed by atoms with E-state index in [2.05, 4.69) is 4.90 Å². The summed E-state index contributed by atoms with van der Waals surface area (Å²) in [6.07, 6.45) is 0.541. The minimum absolute atomic E-state index is 0.0279. The van der Waals surface area contributed by atoms with Crippen molar-refractivity contribution in [3.8, 4) is 0 Å². The first-order valence-electron chi connectivity index (χ1n) is 7.79. The molecule has 5 nitrogen and oxygen atoms in total. The summed E-state index contributed by atoms with van der Waals surface area (Å²) in [7, 11) is 0. The molecule has 1 heterocycles. The van der Waals surface area contributed by atoms with Gasteiger partial charge in [0.2, 0.25) is 0 Å². The Hall–Kier alpha value is -1.72. The second kappa shape index (κ2) is 6.18.